The molecule has 1 aromatic heterocycles. The number of hydrogen-bond acceptors (Lipinski definition) is 5. The number of piperidine rings is 1. The summed E-state index contributed by atoms with van der Waals surface area (Å²) in [5.41, 5.74) is 8.65. The molecule has 196 valence electrons. The Hall–Kier alpha value is -3.30. The number of nitrogens with two attached hydrogens (primary N) is 1. The number of ether oxygens (including phenoxy) is 1. The molecule has 0 spiro atoms. The zero-order chi connectivity index (χ0) is 26.7. The molecule has 37 heavy (non-hydrogen) atoms. The van der Waals surface area contributed by atoms with Crippen LogP contribution >= 0.6 is 23.2 Å². The van der Waals surface area contributed by atoms with Crippen LogP contribution in [0.25, 0.3) is 11.1 Å². The van der Waals surface area contributed by atoms with Crippen molar-refractivity contribution in [2.75, 3.05) is 25.4 Å². The SMILES string of the molecule is CC(=O)NCC(=O)N1CCC(n2cc(-c3ccc(N)c(OC(C)c4c(Cl)ccc(F)c4Cl)c3)cn2)CC1. The Morgan fingerprint density at radius 3 is 2.65 bits per heavy atom. The second-order valence-electron chi connectivity index (χ2n) is 9.00. The number of benzene rings is 2. The van der Waals surface area contributed by atoms with Crippen molar-refractivity contribution in [2.24, 2.45) is 0 Å². The number of rotatable bonds is 7. The molecule has 0 radical (unpaired) electrons. The molecule has 1 saturated heterocycles. The van der Waals surface area contributed by atoms with E-state index in [1.54, 1.807) is 30.2 Å². The number of amides is 2. The van der Waals surface area contributed by atoms with Crippen molar-refractivity contribution >= 4 is 40.7 Å². The second-order valence-corrected chi connectivity index (χ2v) is 9.79. The van der Waals surface area contributed by atoms with Gasteiger partial charge in [-0.15, -0.1) is 0 Å². The Kier molecular flexibility index (Phi) is 8.24. The summed E-state index contributed by atoms with van der Waals surface area (Å²) in [6.07, 6.45) is 4.60. The number of hydrogen-bond donors (Lipinski definition) is 2. The highest BCUT2D eigenvalue weighted by atomic mass is 35.5. The van der Waals surface area contributed by atoms with Gasteiger partial charge in [0.1, 0.15) is 17.7 Å². The van der Waals surface area contributed by atoms with Crippen LogP contribution in [0.4, 0.5) is 10.1 Å². The summed E-state index contributed by atoms with van der Waals surface area (Å²) in [5, 5.41) is 7.31. The summed E-state index contributed by atoms with van der Waals surface area (Å²) < 4.78 is 22.0. The van der Waals surface area contributed by atoms with Crippen molar-refractivity contribution in [1.29, 1.82) is 0 Å². The van der Waals surface area contributed by atoms with E-state index < -0.39 is 11.9 Å². The zero-order valence-electron chi connectivity index (χ0n) is 20.5. The number of nitrogens with zero attached hydrogens (tertiary/aromatic N) is 3. The maximum Gasteiger partial charge on any atom is 0.241 e. The minimum atomic E-state index is -0.644. The maximum atomic E-state index is 14.0. The molecule has 3 aromatic rings. The molecule has 1 aliphatic rings. The van der Waals surface area contributed by atoms with Crippen LogP contribution in [0.15, 0.2) is 42.7 Å². The molecule has 1 unspecified atom stereocenters. The zero-order valence-corrected chi connectivity index (χ0v) is 22.0. The van der Waals surface area contributed by atoms with Crippen LogP contribution in [-0.2, 0) is 9.59 Å². The van der Waals surface area contributed by atoms with Crippen LogP contribution in [0.2, 0.25) is 10.0 Å². The van der Waals surface area contributed by atoms with Crippen LogP contribution in [0, 0.1) is 5.82 Å². The summed E-state index contributed by atoms with van der Waals surface area (Å²) in [4.78, 5) is 25.1. The normalized spacial score (nSPS) is 14.9. The number of anilines is 1. The Labute approximate surface area is 224 Å². The lowest BCUT2D eigenvalue weighted by Gasteiger charge is -2.32. The van der Waals surface area contributed by atoms with E-state index >= 15 is 0 Å². The van der Waals surface area contributed by atoms with Crippen molar-refractivity contribution in [3.63, 3.8) is 0 Å². The number of carbonyl (C=O) groups excluding carboxylic acids is 2. The predicted molar refractivity (Wildman–Crippen MR) is 141 cm³/mol. The fraction of sp³-hybridized carbons (Fsp3) is 0.346. The van der Waals surface area contributed by atoms with E-state index in [2.05, 4.69) is 10.4 Å². The molecule has 2 amide bonds. The fourth-order valence-electron chi connectivity index (χ4n) is 4.36. The molecule has 0 saturated carbocycles. The number of carbonyl (C=O) groups is 2. The minimum absolute atomic E-state index is 0.0176. The molecule has 1 atom stereocenters. The van der Waals surface area contributed by atoms with E-state index in [-0.39, 0.29) is 29.4 Å². The van der Waals surface area contributed by atoms with Gasteiger partial charge < -0.3 is 20.7 Å². The van der Waals surface area contributed by atoms with Gasteiger partial charge in [0, 0.05) is 42.4 Å². The Bertz CT molecular complexity index is 1310. The van der Waals surface area contributed by atoms with E-state index in [1.807, 2.05) is 16.9 Å². The molecule has 4 rings (SSSR count). The molecule has 8 nitrogen and oxygen atoms in total. The van der Waals surface area contributed by atoms with E-state index in [4.69, 9.17) is 33.7 Å². The van der Waals surface area contributed by atoms with E-state index in [0.29, 0.717) is 35.1 Å². The van der Waals surface area contributed by atoms with E-state index in [1.165, 1.54) is 19.1 Å². The lowest BCUT2D eigenvalue weighted by Crippen LogP contribution is -2.44. The van der Waals surface area contributed by atoms with Crippen molar-refractivity contribution in [2.45, 2.75) is 38.8 Å². The number of aromatic nitrogens is 2. The molecule has 2 heterocycles. The highest BCUT2D eigenvalue weighted by molar-refractivity contribution is 6.36. The number of halogens is 3. The number of likely N-dealkylation sites (tertiary alicyclic amines) is 1. The summed E-state index contributed by atoms with van der Waals surface area (Å²) in [7, 11) is 0. The fourth-order valence-corrected chi connectivity index (χ4v) is 5.04. The molecule has 0 aliphatic carbocycles. The van der Waals surface area contributed by atoms with Crippen LogP contribution in [-0.4, -0.2) is 46.1 Å². The van der Waals surface area contributed by atoms with E-state index in [9.17, 15) is 14.0 Å². The number of nitrogen functional groups attached to an aromatic ring is 1. The van der Waals surface area contributed by atoms with Gasteiger partial charge in [0.25, 0.3) is 0 Å². The topological polar surface area (TPSA) is 102 Å². The van der Waals surface area contributed by atoms with E-state index in [0.717, 1.165) is 24.0 Å². The first kappa shape index (κ1) is 26.8. The van der Waals surface area contributed by atoms with Gasteiger partial charge in [-0.25, -0.2) is 4.39 Å². The predicted octanol–water partition coefficient (Wildman–Crippen LogP) is 5.02. The molecule has 0 bridgehead atoms. The molecule has 1 aliphatic heterocycles. The molecule has 1 fully saturated rings. The van der Waals surface area contributed by atoms with Crippen LogP contribution < -0.4 is 15.8 Å². The average Bonchev–Trinajstić information content (AvgIpc) is 3.37. The number of nitrogens with one attached hydrogen (secondary N) is 1. The lowest BCUT2D eigenvalue weighted by molar-refractivity contribution is -0.133. The first-order valence-corrected chi connectivity index (χ1v) is 12.7. The molecular formula is C26H28Cl2FN5O3. The van der Waals surface area contributed by atoms with Gasteiger partial charge in [-0.3, -0.25) is 14.3 Å². The van der Waals surface area contributed by atoms with Gasteiger partial charge >= 0.3 is 0 Å². The summed E-state index contributed by atoms with van der Waals surface area (Å²) in [6.45, 7) is 4.33. The Morgan fingerprint density at radius 2 is 1.95 bits per heavy atom. The first-order valence-electron chi connectivity index (χ1n) is 11.9. The first-order chi connectivity index (χ1) is 17.6. The highest BCUT2D eigenvalue weighted by Gasteiger charge is 2.25. The van der Waals surface area contributed by atoms with Crippen molar-refractivity contribution in [1.82, 2.24) is 20.0 Å². The monoisotopic (exact) mass is 547 g/mol. The second kappa shape index (κ2) is 11.4. The largest absolute Gasteiger partial charge is 0.484 e. The van der Waals surface area contributed by atoms with Gasteiger partial charge in [0.15, 0.2) is 0 Å². The summed E-state index contributed by atoms with van der Waals surface area (Å²) in [6, 6.07) is 8.22. The van der Waals surface area contributed by atoms with Crippen LogP contribution in [0.3, 0.4) is 0 Å². The highest BCUT2D eigenvalue weighted by Crippen LogP contribution is 2.37. The van der Waals surface area contributed by atoms with Gasteiger partial charge in [-0.1, -0.05) is 29.3 Å². The Morgan fingerprint density at radius 1 is 1.22 bits per heavy atom. The standard InChI is InChI=1S/C26H28Cl2FN5O3/c1-15(25-20(27)4-5-21(29)26(25)28)37-23-11-17(3-6-22(23)30)18-12-32-34(14-18)19-7-9-33(10-8-19)24(36)13-31-16(2)35/h3-6,11-12,14-15,19H,7-10,13,30H2,1-2H3,(H,31,35). The van der Waals surface area contributed by atoms with Gasteiger partial charge in [-0.05, 0) is 49.6 Å². The molecular weight excluding hydrogens is 520 g/mol. The lowest BCUT2D eigenvalue weighted by atomic mass is 10.0. The summed E-state index contributed by atoms with van der Waals surface area (Å²) in [5.74, 6) is -0.465. The maximum absolute atomic E-state index is 14.0. The smallest absolute Gasteiger partial charge is 0.241 e. The Balaban J connectivity index is 1.44. The van der Waals surface area contributed by atoms with Crippen LogP contribution in [0.5, 0.6) is 5.75 Å². The molecule has 2 aromatic carbocycles. The van der Waals surface area contributed by atoms with Crippen LogP contribution in [0.1, 0.15) is 44.4 Å². The van der Waals surface area contributed by atoms with Gasteiger partial charge in [0.05, 0.1) is 29.5 Å². The van der Waals surface area contributed by atoms with Gasteiger partial charge in [-0.2, -0.15) is 5.10 Å². The third-order valence-electron chi connectivity index (χ3n) is 6.42. The van der Waals surface area contributed by atoms with Crippen molar-refractivity contribution in [3.05, 3.63) is 64.2 Å². The van der Waals surface area contributed by atoms with Crippen molar-refractivity contribution < 1.29 is 18.7 Å². The van der Waals surface area contributed by atoms with Gasteiger partial charge in [0.2, 0.25) is 11.8 Å². The quantitative estimate of drug-likeness (QED) is 0.319. The van der Waals surface area contributed by atoms with Crippen molar-refractivity contribution in [3.8, 4) is 16.9 Å². The third-order valence-corrected chi connectivity index (χ3v) is 7.13. The molecule has 3 N–H and O–H groups in total. The molecule has 11 heteroatoms. The minimum Gasteiger partial charge on any atom is -0.484 e. The summed E-state index contributed by atoms with van der Waals surface area (Å²) >= 11 is 12.4. The third kappa shape index (κ3) is 6.17. The average molecular weight is 548 g/mol.